The zero-order valence-electron chi connectivity index (χ0n) is 11.5. The molecule has 0 N–H and O–H groups in total. The van der Waals surface area contributed by atoms with Crippen LogP contribution < -0.4 is 0 Å². The van der Waals surface area contributed by atoms with Crippen LogP contribution in [0.15, 0.2) is 42.5 Å². The number of carbonyl (C=O) groups is 1. The molecule has 0 radical (unpaired) electrons. The van der Waals surface area contributed by atoms with Crippen molar-refractivity contribution >= 4 is 27.6 Å². The van der Waals surface area contributed by atoms with Gasteiger partial charge in [-0.1, -0.05) is 36.4 Å². The Labute approximate surface area is 117 Å². The van der Waals surface area contributed by atoms with E-state index in [2.05, 4.69) is 17.1 Å². The fraction of sp³-hybridized carbons (Fsp3) is 0.176. The summed E-state index contributed by atoms with van der Waals surface area (Å²) < 4.78 is 5.04. The van der Waals surface area contributed by atoms with Crippen LogP contribution in [0.2, 0.25) is 0 Å². The monoisotopic (exact) mass is 265 g/mol. The van der Waals surface area contributed by atoms with Gasteiger partial charge in [0, 0.05) is 10.8 Å². The van der Waals surface area contributed by atoms with Gasteiger partial charge in [0.25, 0.3) is 0 Å². The second-order valence-corrected chi connectivity index (χ2v) is 4.73. The van der Waals surface area contributed by atoms with Crippen LogP contribution in [0.25, 0.3) is 21.7 Å². The first kappa shape index (κ1) is 12.6. The van der Waals surface area contributed by atoms with Crippen molar-refractivity contribution in [3.05, 3.63) is 53.7 Å². The van der Waals surface area contributed by atoms with Crippen LogP contribution in [0.5, 0.6) is 0 Å². The Hall–Kier alpha value is -2.42. The lowest BCUT2D eigenvalue weighted by Gasteiger charge is -2.08. The molecule has 0 saturated carbocycles. The first-order valence-electron chi connectivity index (χ1n) is 6.67. The molecule has 0 spiro atoms. The summed E-state index contributed by atoms with van der Waals surface area (Å²) in [6, 6.07) is 14.0. The van der Waals surface area contributed by atoms with Gasteiger partial charge < -0.3 is 4.74 Å². The van der Waals surface area contributed by atoms with Gasteiger partial charge in [-0.15, -0.1) is 0 Å². The second kappa shape index (κ2) is 4.93. The summed E-state index contributed by atoms with van der Waals surface area (Å²) in [5.74, 6) is -0.370. The zero-order valence-corrected chi connectivity index (χ0v) is 11.5. The van der Waals surface area contributed by atoms with Gasteiger partial charge in [0.15, 0.2) is 0 Å². The van der Waals surface area contributed by atoms with E-state index >= 15 is 0 Å². The largest absolute Gasteiger partial charge is 0.461 e. The highest BCUT2D eigenvalue weighted by Crippen LogP contribution is 2.26. The van der Waals surface area contributed by atoms with Gasteiger partial charge in [0.1, 0.15) is 5.69 Å². The number of fused-ring (bicyclic) bond motifs is 3. The number of hydrogen-bond donors (Lipinski definition) is 0. The Morgan fingerprint density at radius 3 is 2.75 bits per heavy atom. The summed E-state index contributed by atoms with van der Waals surface area (Å²) in [4.78, 5) is 16.4. The molecule has 0 fully saturated rings. The molecule has 1 aromatic heterocycles. The minimum absolute atomic E-state index is 0.354. The number of benzene rings is 2. The molecule has 0 atom stereocenters. The molecule has 0 unspecified atom stereocenters. The van der Waals surface area contributed by atoms with Crippen molar-refractivity contribution in [1.29, 1.82) is 0 Å². The molecule has 0 aliphatic heterocycles. The van der Waals surface area contributed by atoms with Crippen LogP contribution in [0.4, 0.5) is 0 Å². The molecule has 2 aromatic carbocycles. The smallest absolute Gasteiger partial charge is 0.356 e. The van der Waals surface area contributed by atoms with Crippen molar-refractivity contribution in [2.75, 3.05) is 6.61 Å². The Morgan fingerprint density at radius 1 is 1.15 bits per heavy atom. The van der Waals surface area contributed by atoms with Crippen molar-refractivity contribution in [2.45, 2.75) is 13.8 Å². The Balaban J connectivity index is 2.32. The molecule has 3 nitrogen and oxygen atoms in total. The highest BCUT2D eigenvalue weighted by atomic mass is 16.5. The Bertz CT molecular complexity index is 809. The maximum Gasteiger partial charge on any atom is 0.356 e. The van der Waals surface area contributed by atoms with E-state index in [4.69, 9.17) is 4.74 Å². The van der Waals surface area contributed by atoms with Crippen molar-refractivity contribution in [3.8, 4) is 0 Å². The summed E-state index contributed by atoms with van der Waals surface area (Å²) in [7, 11) is 0. The van der Waals surface area contributed by atoms with Gasteiger partial charge in [0.05, 0.1) is 12.1 Å². The molecule has 0 aliphatic rings. The standard InChI is InChI=1S/C17H15NO2/c1-3-20-17(19)15-10-11(2)13-9-8-12-6-4-5-7-14(12)16(13)18-15/h4-10H,3H2,1-2H3. The van der Waals surface area contributed by atoms with Crippen LogP contribution in [-0.4, -0.2) is 17.6 Å². The summed E-state index contributed by atoms with van der Waals surface area (Å²) in [5, 5.41) is 3.24. The molecular weight excluding hydrogens is 250 g/mol. The maximum absolute atomic E-state index is 11.9. The molecule has 100 valence electrons. The molecule has 0 aliphatic carbocycles. The van der Waals surface area contributed by atoms with Crippen molar-refractivity contribution in [2.24, 2.45) is 0 Å². The minimum atomic E-state index is -0.370. The molecular formula is C17H15NO2. The summed E-state index contributed by atoms with van der Waals surface area (Å²) in [6.45, 7) is 4.13. The minimum Gasteiger partial charge on any atom is -0.461 e. The van der Waals surface area contributed by atoms with E-state index in [0.29, 0.717) is 12.3 Å². The molecule has 3 rings (SSSR count). The maximum atomic E-state index is 11.9. The van der Waals surface area contributed by atoms with E-state index in [0.717, 1.165) is 27.2 Å². The number of nitrogens with zero attached hydrogens (tertiary/aromatic N) is 1. The van der Waals surface area contributed by atoms with E-state index in [1.165, 1.54) is 0 Å². The fourth-order valence-corrected chi connectivity index (χ4v) is 2.44. The molecule has 20 heavy (non-hydrogen) atoms. The van der Waals surface area contributed by atoms with Crippen molar-refractivity contribution in [1.82, 2.24) is 4.98 Å². The fourth-order valence-electron chi connectivity index (χ4n) is 2.44. The number of rotatable bonds is 2. The van der Waals surface area contributed by atoms with E-state index < -0.39 is 0 Å². The molecule has 0 bridgehead atoms. The van der Waals surface area contributed by atoms with Crippen LogP contribution in [-0.2, 0) is 4.74 Å². The first-order valence-corrected chi connectivity index (χ1v) is 6.67. The van der Waals surface area contributed by atoms with Gasteiger partial charge in [-0.25, -0.2) is 9.78 Å². The third-order valence-corrected chi connectivity index (χ3v) is 3.40. The van der Waals surface area contributed by atoms with Gasteiger partial charge in [-0.3, -0.25) is 0 Å². The lowest BCUT2D eigenvalue weighted by Crippen LogP contribution is -2.07. The number of pyridine rings is 1. The third kappa shape index (κ3) is 2.01. The first-order chi connectivity index (χ1) is 9.70. The van der Waals surface area contributed by atoms with Gasteiger partial charge >= 0.3 is 5.97 Å². The highest BCUT2D eigenvalue weighted by Gasteiger charge is 2.12. The number of hydrogen-bond acceptors (Lipinski definition) is 3. The quantitative estimate of drug-likeness (QED) is 0.521. The van der Waals surface area contributed by atoms with Gasteiger partial charge in [-0.05, 0) is 30.9 Å². The number of aromatic nitrogens is 1. The Kier molecular flexibility index (Phi) is 3.11. The molecule has 3 heteroatoms. The number of carbonyl (C=O) groups excluding carboxylic acids is 1. The zero-order chi connectivity index (χ0) is 14.1. The third-order valence-electron chi connectivity index (χ3n) is 3.40. The summed E-state index contributed by atoms with van der Waals surface area (Å²) in [5.41, 5.74) is 2.25. The van der Waals surface area contributed by atoms with Gasteiger partial charge in [-0.2, -0.15) is 0 Å². The molecule has 0 amide bonds. The topological polar surface area (TPSA) is 39.2 Å². The van der Waals surface area contributed by atoms with E-state index in [1.807, 2.05) is 31.2 Å². The van der Waals surface area contributed by atoms with Crippen LogP contribution in [0.3, 0.4) is 0 Å². The highest BCUT2D eigenvalue weighted by molar-refractivity contribution is 6.07. The SMILES string of the molecule is CCOC(=O)c1cc(C)c2ccc3ccccc3c2n1. The van der Waals surface area contributed by atoms with E-state index in [9.17, 15) is 4.79 Å². The average molecular weight is 265 g/mol. The van der Waals surface area contributed by atoms with Crippen molar-refractivity contribution in [3.63, 3.8) is 0 Å². The van der Waals surface area contributed by atoms with Crippen LogP contribution in [0.1, 0.15) is 23.0 Å². The molecule has 3 aromatic rings. The lowest BCUT2D eigenvalue weighted by atomic mass is 10.0. The Morgan fingerprint density at radius 2 is 1.95 bits per heavy atom. The van der Waals surface area contributed by atoms with Gasteiger partial charge in [0.2, 0.25) is 0 Å². The summed E-state index contributed by atoms with van der Waals surface area (Å²) >= 11 is 0. The number of ether oxygens (including phenoxy) is 1. The van der Waals surface area contributed by atoms with E-state index in [-0.39, 0.29) is 5.97 Å². The number of aryl methyl sites for hydroxylation is 1. The average Bonchev–Trinajstić information content (AvgIpc) is 2.47. The van der Waals surface area contributed by atoms with Crippen LogP contribution >= 0.6 is 0 Å². The van der Waals surface area contributed by atoms with E-state index in [1.54, 1.807) is 13.0 Å². The lowest BCUT2D eigenvalue weighted by molar-refractivity contribution is 0.0520. The normalized spacial score (nSPS) is 10.9. The predicted molar refractivity (Wildman–Crippen MR) is 79.9 cm³/mol. The number of esters is 1. The predicted octanol–water partition coefficient (Wildman–Crippen LogP) is 3.87. The second-order valence-electron chi connectivity index (χ2n) is 4.73. The molecule has 1 heterocycles. The van der Waals surface area contributed by atoms with Crippen LogP contribution in [0, 0.1) is 6.92 Å². The van der Waals surface area contributed by atoms with Crippen molar-refractivity contribution < 1.29 is 9.53 Å². The molecule has 0 saturated heterocycles. The summed E-state index contributed by atoms with van der Waals surface area (Å²) in [6.07, 6.45) is 0.